The van der Waals surface area contributed by atoms with Crippen molar-refractivity contribution in [3.05, 3.63) is 65.5 Å². The third-order valence-corrected chi connectivity index (χ3v) is 5.31. The Kier molecular flexibility index (Phi) is 4.58. The minimum Gasteiger partial charge on any atom is -0.378 e. The highest BCUT2D eigenvalue weighted by atomic mass is 16.1. The van der Waals surface area contributed by atoms with Gasteiger partial charge >= 0.3 is 0 Å². The first-order valence-corrected chi connectivity index (χ1v) is 9.47. The molecule has 4 rings (SSSR count). The lowest BCUT2D eigenvalue weighted by Gasteiger charge is -2.21. The Balaban J connectivity index is 1.83. The van der Waals surface area contributed by atoms with Gasteiger partial charge in [-0.05, 0) is 49.2 Å². The van der Waals surface area contributed by atoms with Crippen LogP contribution in [-0.2, 0) is 0 Å². The standard InChI is InChI=1S/C22H24N6O/c1-13-16(6-5-7-17(13)20(23)29)14(2)25-21-18-12-15(27(3)4)8-9-19(18)28-11-10-24-22(28)26-21/h5-12,14H,1-4H3,(H2,23,29)(H,24,25,26). The minimum atomic E-state index is -0.422. The number of imidazole rings is 1. The lowest BCUT2D eigenvalue weighted by Crippen LogP contribution is -2.16. The molecule has 148 valence electrons. The van der Waals surface area contributed by atoms with E-state index >= 15 is 0 Å². The van der Waals surface area contributed by atoms with Gasteiger partial charge in [0.05, 0.1) is 11.6 Å². The lowest BCUT2D eigenvalue weighted by atomic mass is 9.97. The predicted molar refractivity (Wildman–Crippen MR) is 117 cm³/mol. The van der Waals surface area contributed by atoms with Gasteiger partial charge in [-0.1, -0.05) is 12.1 Å². The molecular weight excluding hydrogens is 364 g/mol. The molecule has 0 bridgehead atoms. The first kappa shape index (κ1) is 18.7. The van der Waals surface area contributed by atoms with Crippen molar-refractivity contribution in [2.24, 2.45) is 5.73 Å². The number of carbonyl (C=O) groups excluding carboxylic acids is 1. The number of rotatable bonds is 5. The zero-order chi connectivity index (χ0) is 20.7. The quantitative estimate of drug-likeness (QED) is 0.546. The fraction of sp³-hybridized carbons (Fsp3) is 0.227. The minimum absolute atomic E-state index is 0.0783. The number of nitrogens with zero attached hydrogens (tertiary/aromatic N) is 4. The summed E-state index contributed by atoms with van der Waals surface area (Å²) in [5.41, 5.74) is 10.0. The number of fused-ring (bicyclic) bond motifs is 3. The van der Waals surface area contributed by atoms with Crippen molar-refractivity contribution in [1.82, 2.24) is 14.4 Å². The summed E-state index contributed by atoms with van der Waals surface area (Å²) in [6.45, 7) is 3.97. The van der Waals surface area contributed by atoms with Crippen LogP contribution in [-0.4, -0.2) is 34.4 Å². The van der Waals surface area contributed by atoms with Crippen molar-refractivity contribution in [2.75, 3.05) is 24.3 Å². The fourth-order valence-corrected chi connectivity index (χ4v) is 3.71. The molecule has 1 atom stereocenters. The van der Waals surface area contributed by atoms with Crippen LogP contribution in [0, 0.1) is 6.92 Å². The van der Waals surface area contributed by atoms with Crippen LogP contribution in [0.4, 0.5) is 11.5 Å². The number of nitrogens with one attached hydrogen (secondary N) is 1. The molecular formula is C22H24N6O. The SMILES string of the molecule is Cc1c(C(N)=O)cccc1C(C)Nc1nc2nccn2c2ccc(N(C)C)cc12. The number of carbonyl (C=O) groups is 1. The van der Waals surface area contributed by atoms with Crippen molar-refractivity contribution in [3.63, 3.8) is 0 Å². The van der Waals surface area contributed by atoms with E-state index < -0.39 is 5.91 Å². The molecule has 4 aromatic rings. The molecule has 2 aromatic carbocycles. The Morgan fingerprint density at radius 1 is 1.24 bits per heavy atom. The van der Waals surface area contributed by atoms with Gasteiger partial charge in [0.1, 0.15) is 5.82 Å². The highest BCUT2D eigenvalue weighted by molar-refractivity contribution is 5.95. The summed E-state index contributed by atoms with van der Waals surface area (Å²) in [6, 6.07) is 11.8. The summed E-state index contributed by atoms with van der Waals surface area (Å²) in [7, 11) is 4.03. The van der Waals surface area contributed by atoms with E-state index in [-0.39, 0.29) is 6.04 Å². The van der Waals surface area contributed by atoms with Crippen LogP contribution in [0.2, 0.25) is 0 Å². The van der Waals surface area contributed by atoms with E-state index in [4.69, 9.17) is 10.7 Å². The van der Waals surface area contributed by atoms with Crippen molar-refractivity contribution in [3.8, 4) is 0 Å². The van der Waals surface area contributed by atoms with Crippen molar-refractivity contribution < 1.29 is 4.79 Å². The average Bonchev–Trinajstić information content (AvgIpc) is 3.16. The highest BCUT2D eigenvalue weighted by Gasteiger charge is 2.17. The highest BCUT2D eigenvalue weighted by Crippen LogP contribution is 2.30. The van der Waals surface area contributed by atoms with E-state index in [9.17, 15) is 4.79 Å². The largest absolute Gasteiger partial charge is 0.378 e. The molecule has 7 heteroatoms. The number of anilines is 2. The number of primary amides is 1. The molecule has 0 fully saturated rings. The molecule has 0 saturated carbocycles. The Morgan fingerprint density at radius 3 is 2.76 bits per heavy atom. The van der Waals surface area contributed by atoms with Crippen LogP contribution < -0.4 is 16.0 Å². The third-order valence-electron chi connectivity index (χ3n) is 5.31. The normalized spacial score (nSPS) is 12.3. The van der Waals surface area contributed by atoms with Gasteiger partial charge in [-0.25, -0.2) is 4.98 Å². The number of nitrogens with two attached hydrogens (primary N) is 1. The predicted octanol–water partition coefficient (Wildman–Crippen LogP) is 3.53. The summed E-state index contributed by atoms with van der Waals surface area (Å²) in [4.78, 5) is 22.9. The second-order valence-corrected chi connectivity index (χ2v) is 7.40. The average molecular weight is 388 g/mol. The summed E-state index contributed by atoms with van der Waals surface area (Å²) in [6.07, 6.45) is 3.66. The molecule has 29 heavy (non-hydrogen) atoms. The maximum Gasteiger partial charge on any atom is 0.248 e. The summed E-state index contributed by atoms with van der Waals surface area (Å²) in [5, 5.41) is 4.52. The van der Waals surface area contributed by atoms with Crippen LogP contribution in [0.3, 0.4) is 0 Å². The summed E-state index contributed by atoms with van der Waals surface area (Å²) < 4.78 is 1.98. The molecule has 0 radical (unpaired) electrons. The van der Waals surface area contributed by atoms with Crippen LogP contribution in [0.25, 0.3) is 16.7 Å². The second-order valence-electron chi connectivity index (χ2n) is 7.40. The Bertz CT molecular complexity index is 1230. The van der Waals surface area contributed by atoms with E-state index in [0.717, 1.165) is 33.5 Å². The van der Waals surface area contributed by atoms with Crippen molar-refractivity contribution >= 4 is 34.1 Å². The van der Waals surface area contributed by atoms with Gasteiger partial charge in [0, 0.05) is 43.1 Å². The number of amides is 1. The van der Waals surface area contributed by atoms with Gasteiger partial charge in [-0.3, -0.25) is 9.20 Å². The van der Waals surface area contributed by atoms with Gasteiger partial charge in [-0.2, -0.15) is 4.98 Å². The smallest absolute Gasteiger partial charge is 0.248 e. The number of hydrogen-bond donors (Lipinski definition) is 2. The van der Waals surface area contributed by atoms with Crippen LogP contribution in [0.5, 0.6) is 0 Å². The third kappa shape index (κ3) is 3.24. The molecule has 7 nitrogen and oxygen atoms in total. The number of benzene rings is 2. The zero-order valence-corrected chi connectivity index (χ0v) is 17.0. The van der Waals surface area contributed by atoms with Crippen LogP contribution in [0.15, 0.2) is 48.8 Å². The topological polar surface area (TPSA) is 88.5 Å². The second kappa shape index (κ2) is 7.09. The van der Waals surface area contributed by atoms with Gasteiger partial charge in [0.2, 0.25) is 11.7 Å². The van der Waals surface area contributed by atoms with Crippen LogP contribution >= 0.6 is 0 Å². The monoisotopic (exact) mass is 388 g/mol. The summed E-state index contributed by atoms with van der Waals surface area (Å²) in [5.74, 6) is 0.959. The van der Waals surface area contributed by atoms with Gasteiger partial charge in [0.25, 0.3) is 0 Å². The number of aromatic nitrogens is 3. The molecule has 0 saturated heterocycles. The van der Waals surface area contributed by atoms with Crippen molar-refractivity contribution in [1.29, 1.82) is 0 Å². The molecule has 0 spiro atoms. The molecule has 1 amide bonds. The van der Waals surface area contributed by atoms with E-state index in [1.807, 2.05) is 50.7 Å². The molecule has 0 aliphatic rings. The maximum absolute atomic E-state index is 11.7. The number of hydrogen-bond acceptors (Lipinski definition) is 5. The van der Waals surface area contributed by atoms with E-state index in [1.165, 1.54) is 0 Å². The Hall–Kier alpha value is -3.61. The van der Waals surface area contributed by atoms with Crippen LogP contribution in [0.1, 0.15) is 34.5 Å². The fourth-order valence-electron chi connectivity index (χ4n) is 3.71. The van der Waals surface area contributed by atoms with E-state index in [0.29, 0.717) is 11.3 Å². The molecule has 0 aliphatic heterocycles. The summed E-state index contributed by atoms with van der Waals surface area (Å²) >= 11 is 0. The lowest BCUT2D eigenvalue weighted by molar-refractivity contribution is 0.0999. The first-order valence-electron chi connectivity index (χ1n) is 9.47. The Labute approximate surface area is 169 Å². The first-order chi connectivity index (χ1) is 13.9. The molecule has 3 N–H and O–H groups in total. The molecule has 0 aliphatic carbocycles. The zero-order valence-electron chi connectivity index (χ0n) is 17.0. The Morgan fingerprint density at radius 2 is 2.03 bits per heavy atom. The van der Waals surface area contributed by atoms with Gasteiger partial charge in [0.15, 0.2) is 0 Å². The van der Waals surface area contributed by atoms with Gasteiger partial charge in [-0.15, -0.1) is 0 Å². The van der Waals surface area contributed by atoms with Gasteiger partial charge < -0.3 is 16.0 Å². The molecule has 2 heterocycles. The maximum atomic E-state index is 11.7. The molecule has 2 aromatic heterocycles. The van der Waals surface area contributed by atoms with Crippen molar-refractivity contribution in [2.45, 2.75) is 19.9 Å². The molecule has 1 unspecified atom stereocenters. The van der Waals surface area contributed by atoms with E-state index in [2.05, 4.69) is 33.4 Å². The van der Waals surface area contributed by atoms with E-state index in [1.54, 1.807) is 12.3 Å².